The highest BCUT2D eigenvalue weighted by molar-refractivity contribution is 5.70. The first-order chi connectivity index (χ1) is 4.72. The van der Waals surface area contributed by atoms with Crippen molar-refractivity contribution in [1.29, 1.82) is 0 Å². The third-order valence-corrected chi connectivity index (χ3v) is 1.54. The summed E-state index contributed by atoms with van der Waals surface area (Å²) in [6.45, 7) is 2.30. The fourth-order valence-corrected chi connectivity index (χ4v) is 0.793. The molecule has 3 nitrogen and oxygen atoms in total. The second kappa shape index (κ2) is 5.23. The maximum Gasteiger partial charge on any atom is 0.307 e. The van der Waals surface area contributed by atoms with E-state index in [2.05, 4.69) is 0 Å². The summed E-state index contributed by atoms with van der Waals surface area (Å²) in [4.78, 5) is 10.4. The summed E-state index contributed by atoms with van der Waals surface area (Å²) in [5, 5.41) is 8.52. The van der Waals surface area contributed by atoms with Crippen molar-refractivity contribution >= 4 is 5.97 Å². The third kappa shape index (κ3) is 3.45. The monoisotopic (exact) mass is 145 g/mol. The van der Waals surface area contributed by atoms with Gasteiger partial charge in [0.2, 0.25) is 0 Å². The molecular formula is C7H15NO2. The van der Waals surface area contributed by atoms with E-state index < -0.39 is 5.97 Å². The van der Waals surface area contributed by atoms with E-state index in [0.29, 0.717) is 6.42 Å². The average molecular weight is 145 g/mol. The Morgan fingerprint density at radius 3 is 2.60 bits per heavy atom. The van der Waals surface area contributed by atoms with E-state index in [1.54, 1.807) is 0 Å². The molecule has 60 valence electrons. The van der Waals surface area contributed by atoms with Crippen LogP contribution in [0.2, 0.25) is 0 Å². The van der Waals surface area contributed by atoms with Crippen molar-refractivity contribution in [2.24, 2.45) is 11.7 Å². The van der Waals surface area contributed by atoms with Gasteiger partial charge >= 0.3 is 5.97 Å². The molecule has 0 bridgehead atoms. The first-order valence-corrected chi connectivity index (χ1v) is 3.65. The van der Waals surface area contributed by atoms with Gasteiger partial charge in [-0.15, -0.1) is 0 Å². The predicted octanol–water partition coefficient (Wildman–Crippen LogP) is 0.836. The summed E-state index contributed by atoms with van der Waals surface area (Å²) in [6, 6.07) is 0. The largest absolute Gasteiger partial charge is 0.481 e. The van der Waals surface area contributed by atoms with E-state index in [1.807, 2.05) is 6.92 Å². The minimum absolute atomic E-state index is 0.259. The molecule has 0 aromatic rings. The van der Waals surface area contributed by atoms with Crippen LogP contribution >= 0.6 is 0 Å². The number of hydrogen-bond acceptors (Lipinski definition) is 2. The minimum Gasteiger partial charge on any atom is -0.481 e. The van der Waals surface area contributed by atoms with Crippen LogP contribution in [0.5, 0.6) is 0 Å². The van der Waals surface area contributed by atoms with Crippen LogP contribution in [0.4, 0.5) is 0 Å². The molecule has 0 aromatic heterocycles. The summed E-state index contributed by atoms with van der Waals surface area (Å²) in [6.07, 6.45) is 2.69. The van der Waals surface area contributed by atoms with E-state index >= 15 is 0 Å². The Morgan fingerprint density at radius 2 is 2.30 bits per heavy atom. The molecule has 0 amide bonds. The smallest absolute Gasteiger partial charge is 0.307 e. The van der Waals surface area contributed by atoms with Gasteiger partial charge < -0.3 is 10.8 Å². The number of carbonyl (C=O) groups is 1. The summed E-state index contributed by atoms with van der Waals surface area (Å²) in [5.41, 5.74) is 5.23. The van der Waals surface area contributed by atoms with Gasteiger partial charge in [-0.25, -0.2) is 0 Å². The first kappa shape index (κ1) is 9.43. The van der Waals surface area contributed by atoms with E-state index in [1.165, 1.54) is 0 Å². The highest BCUT2D eigenvalue weighted by atomic mass is 16.4. The van der Waals surface area contributed by atoms with Gasteiger partial charge in [-0.1, -0.05) is 19.8 Å². The predicted molar refractivity (Wildman–Crippen MR) is 39.7 cm³/mol. The number of nitrogens with two attached hydrogens (primary N) is 1. The van der Waals surface area contributed by atoms with Crippen LogP contribution in [0, 0.1) is 5.92 Å². The normalized spacial score (nSPS) is 13.0. The third-order valence-electron chi connectivity index (χ3n) is 1.54. The molecule has 0 spiro atoms. The van der Waals surface area contributed by atoms with Crippen molar-refractivity contribution in [3.05, 3.63) is 0 Å². The molecule has 0 aliphatic carbocycles. The van der Waals surface area contributed by atoms with Crippen molar-refractivity contribution in [1.82, 2.24) is 0 Å². The lowest BCUT2D eigenvalue weighted by molar-refractivity contribution is -0.141. The number of unbranched alkanes of at least 4 members (excludes halogenated alkanes) is 1. The standard InChI is InChI=1S/C7H15NO2/c1-2-3-4-6(5-8)7(9)10/h6H,2-5,8H2,1H3,(H,9,10)/t6-/m0/s1. The van der Waals surface area contributed by atoms with Crippen molar-refractivity contribution < 1.29 is 9.90 Å². The molecule has 0 saturated heterocycles. The van der Waals surface area contributed by atoms with Crippen LogP contribution < -0.4 is 5.73 Å². The highest BCUT2D eigenvalue weighted by Crippen LogP contribution is 2.06. The minimum atomic E-state index is -0.768. The van der Waals surface area contributed by atoms with Crippen LogP contribution in [0.15, 0.2) is 0 Å². The lowest BCUT2D eigenvalue weighted by atomic mass is 10.0. The first-order valence-electron chi connectivity index (χ1n) is 3.65. The Morgan fingerprint density at radius 1 is 1.70 bits per heavy atom. The molecule has 0 fully saturated rings. The number of aliphatic carboxylic acids is 1. The Bertz CT molecular complexity index is 104. The van der Waals surface area contributed by atoms with Gasteiger partial charge in [0.15, 0.2) is 0 Å². The van der Waals surface area contributed by atoms with Gasteiger partial charge in [-0.05, 0) is 6.42 Å². The van der Waals surface area contributed by atoms with Crippen molar-refractivity contribution in [3.8, 4) is 0 Å². The fourth-order valence-electron chi connectivity index (χ4n) is 0.793. The van der Waals surface area contributed by atoms with Crippen LogP contribution in [0.1, 0.15) is 26.2 Å². The molecule has 0 aromatic carbocycles. The van der Waals surface area contributed by atoms with Crippen LogP contribution in [0.3, 0.4) is 0 Å². The topological polar surface area (TPSA) is 63.3 Å². The fraction of sp³-hybridized carbons (Fsp3) is 0.857. The molecule has 0 heterocycles. The van der Waals surface area contributed by atoms with Crippen molar-refractivity contribution in [2.45, 2.75) is 26.2 Å². The molecule has 0 saturated carbocycles. The lowest BCUT2D eigenvalue weighted by Gasteiger charge is -2.06. The molecule has 0 aliphatic rings. The molecular weight excluding hydrogens is 130 g/mol. The van der Waals surface area contributed by atoms with E-state index in [-0.39, 0.29) is 12.5 Å². The van der Waals surface area contributed by atoms with Crippen molar-refractivity contribution in [2.75, 3.05) is 6.54 Å². The Balaban J connectivity index is 3.50. The molecule has 0 radical (unpaired) electrons. The average Bonchev–Trinajstić information content (AvgIpc) is 1.89. The molecule has 3 heteroatoms. The number of carboxylic acid groups (broad SMARTS) is 1. The van der Waals surface area contributed by atoms with E-state index in [0.717, 1.165) is 12.8 Å². The number of rotatable bonds is 5. The van der Waals surface area contributed by atoms with Gasteiger partial charge in [0.1, 0.15) is 0 Å². The summed E-state index contributed by atoms with van der Waals surface area (Å²) in [5.74, 6) is -1.10. The van der Waals surface area contributed by atoms with Gasteiger partial charge in [0, 0.05) is 6.54 Å². The van der Waals surface area contributed by atoms with Crippen LogP contribution in [-0.4, -0.2) is 17.6 Å². The summed E-state index contributed by atoms with van der Waals surface area (Å²) < 4.78 is 0. The lowest BCUT2D eigenvalue weighted by Crippen LogP contribution is -2.22. The molecule has 0 rings (SSSR count). The van der Waals surface area contributed by atoms with Gasteiger partial charge in [0.25, 0.3) is 0 Å². The van der Waals surface area contributed by atoms with Gasteiger partial charge in [-0.2, -0.15) is 0 Å². The maximum atomic E-state index is 10.4. The maximum absolute atomic E-state index is 10.4. The second-order valence-corrected chi connectivity index (χ2v) is 2.41. The van der Waals surface area contributed by atoms with Crippen LogP contribution in [0.25, 0.3) is 0 Å². The second-order valence-electron chi connectivity index (χ2n) is 2.41. The molecule has 1 atom stereocenters. The molecule has 3 N–H and O–H groups in total. The van der Waals surface area contributed by atoms with Crippen LogP contribution in [-0.2, 0) is 4.79 Å². The molecule has 10 heavy (non-hydrogen) atoms. The number of carboxylic acids is 1. The van der Waals surface area contributed by atoms with Gasteiger partial charge in [-0.3, -0.25) is 4.79 Å². The van der Waals surface area contributed by atoms with E-state index in [4.69, 9.17) is 10.8 Å². The number of hydrogen-bond donors (Lipinski definition) is 2. The summed E-state index contributed by atoms with van der Waals surface area (Å²) >= 11 is 0. The quantitative estimate of drug-likeness (QED) is 0.602. The SMILES string of the molecule is CCCC[C@@H](CN)C(=O)O. The zero-order valence-corrected chi connectivity index (χ0v) is 6.34. The highest BCUT2D eigenvalue weighted by Gasteiger charge is 2.13. The Kier molecular flexibility index (Phi) is 4.94. The van der Waals surface area contributed by atoms with E-state index in [9.17, 15) is 4.79 Å². The Labute approximate surface area is 61.2 Å². The Hall–Kier alpha value is -0.570. The zero-order chi connectivity index (χ0) is 7.98. The zero-order valence-electron chi connectivity index (χ0n) is 6.34. The van der Waals surface area contributed by atoms with Crippen molar-refractivity contribution in [3.63, 3.8) is 0 Å². The van der Waals surface area contributed by atoms with Gasteiger partial charge in [0.05, 0.1) is 5.92 Å². The molecule has 0 unspecified atom stereocenters. The summed E-state index contributed by atoms with van der Waals surface area (Å²) in [7, 11) is 0. The molecule has 0 aliphatic heterocycles.